The number of aromatic nitrogens is 7. The van der Waals surface area contributed by atoms with E-state index >= 15 is 0 Å². The van der Waals surface area contributed by atoms with Crippen molar-refractivity contribution >= 4 is 39.0 Å². The number of nitrogens with zero attached hydrogens (tertiary/aromatic N) is 7. The van der Waals surface area contributed by atoms with Gasteiger partial charge in [0.15, 0.2) is 11.2 Å². The van der Waals surface area contributed by atoms with E-state index in [0.29, 0.717) is 22.3 Å². The molecule has 4 heterocycles. The molecule has 9 heteroatoms. The summed E-state index contributed by atoms with van der Waals surface area (Å²) in [6.07, 6.45) is 0. The van der Waals surface area contributed by atoms with Crippen molar-refractivity contribution in [2.75, 3.05) is 0 Å². The molecule has 0 radical (unpaired) electrons. The molecular formula is C16H13N7O2. The first kappa shape index (κ1) is 13.9. The maximum atomic E-state index is 12.8. The van der Waals surface area contributed by atoms with E-state index < -0.39 is 11.2 Å². The Bertz CT molecular complexity index is 1470. The van der Waals surface area contributed by atoms with E-state index in [4.69, 9.17) is 0 Å². The molecule has 4 aromatic heterocycles. The fourth-order valence-electron chi connectivity index (χ4n) is 3.46. The van der Waals surface area contributed by atoms with Gasteiger partial charge in [-0.2, -0.15) is 4.98 Å². The largest absolute Gasteiger partial charge is 0.332 e. The number of hydrogen-bond donors (Lipinski definition) is 0. The van der Waals surface area contributed by atoms with Crippen LogP contribution in [-0.4, -0.2) is 33.3 Å². The number of para-hydroxylation sites is 1. The van der Waals surface area contributed by atoms with Gasteiger partial charge in [0.2, 0.25) is 0 Å². The highest BCUT2D eigenvalue weighted by atomic mass is 16.2. The Morgan fingerprint density at radius 1 is 0.920 bits per heavy atom. The Kier molecular flexibility index (Phi) is 2.40. The molecule has 0 aliphatic carbocycles. The molecule has 0 aliphatic heterocycles. The summed E-state index contributed by atoms with van der Waals surface area (Å²) in [5.41, 5.74) is 2.13. The lowest BCUT2D eigenvalue weighted by atomic mass is 10.2. The third-order valence-electron chi connectivity index (χ3n) is 4.74. The summed E-state index contributed by atoms with van der Waals surface area (Å²) in [7, 11) is 4.95. The fourth-order valence-corrected chi connectivity index (χ4v) is 3.46. The third kappa shape index (κ3) is 1.50. The molecule has 1 aromatic carbocycles. The summed E-state index contributed by atoms with van der Waals surface area (Å²) < 4.78 is 6.06. The lowest BCUT2D eigenvalue weighted by Gasteiger charge is -2.04. The van der Waals surface area contributed by atoms with Crippen molar-refractivity contribution in [3.8, 4) is 0 Å². The zero-order valence-corrected chi connectivity index (χ0v) is 13.8. The number of benzene rings is 1. The Labute approximate surface area is 139 Å². The van der Waals surface area contributed by atoms with Gasteiger partial charge in [0.05, 0.1) is 5.52 Å². The van der Waals surface area contributed by atoms with Gasteiger partial charge in [-0.3, -0.25) is 18.3 Å². The van der Waals surface area contributed by atoms with Crippen molar-refractivity contribution in [3.05, 3.63) is 45.1 Å². The van der Waals surface area contributed by atoms with E-state index in [1.807, 2.05) is 35.9 Å². The summed E-state index contributed by atoms with van der Waals surface area (Å²) in [5.74, 6) is 0.284. The predicted octanol–water partition coefficient (Wildman–Crippen LogP) is 0.320. The maximum absolute atomic E-state index is 12.8. The minimum atomic E-state index is -0.429. The minimum Gasteiger partial charge on any atom is -0.328 e. The molecule has 5 aromatic rings. The monoisotopic (exact) mass is 335 g/mol. The molecule has 124 valence electrons. The lowest BCUT2D eigenvalue weighted by molar-refractivity contribution is 0.708. The van der Waals surface area contributed by atoms with E-state index in [-0.39, 0.29) is 5.78 Å². The molecule has 0 unspecified atom stereocenters. The number of hydrogen-bond acceptors (Lipinski definition) is 5. The molecule has 0 N–H and O–H groups in total. The molecule has 5 rings (SSSR count). The van der Waals surface area contributed by atoms with Gasteiger partial charge in [-0.15, -0.1) is 10.2 Å². The van der Waals surface area contributed by atoms with E-state index in [2.05, 4.69) is 15.2 Å². The molecule has 9 nitrogen and oxygen atoms in total. The smallest absolute Gasteiger partial charge is 0.328 e. The lowest BCUT2D eigenvalue weighted by Crippen LogP contribution is -2.37. The highest BCUT2D eigenvalue weighted by Crippen LogP contribution is 2.27. The van der Waals surface area contributed by atoms with Gasteiger partial charge in [-0.05, 0) is 6.07 Å². The van der Waals surface area contributed by atoms with Gasteiger partial charge < -0.3 is 4.57 Å². The number of imidazole rings is 1. The van der Waals surface area contributed by atoms with Gasteiger partial charge in [0.25, 0.3) is 11.3 Å². The maximum Gasteiger partial charge on any atom is 0.332 e. The first-order valence-corrected chi connectivity index (χ1v) is 7.68. The second-order valence-electron chi connectivity index (χ2n) is 6.07. The van der Waals surface area contributed by atoms with Crippen LogP contribution in [0.15, 0.2) is 33.9 Å². The summed E-state index contributed by atoms with van der Waals surface area (Å²) >= 11 is 0. The van der Waals surface area contributed by atoms with Gasteiger partial charge >= 0.3 is 5.69 Å². The Balaban J connectivity index is 2.21. The Morgan fingerprint density at radius 3 is 2.48 bits per heavy atom. The first-order valence-electron chi connectivity index (χ1n) is 7.68. The van der Waals surface area contributed by atoms with E-state index in [1.54, 1.807) is 11.4 Å². The second kappa shape index (κ2) is 4.32. The summed E-state index contributed by atoms with van der Waals surface area (Å²) in [6.45, 7) is 0. The van der Waals surface area contributed by atoms with Crippen molar-refractivity contribution in [1.29, 1.82) is 0 Å². The van der Waals surface area contributed by atoms with Crippen LogP contribution in [-0.2, 0) is 21.1 Å². The average Bonchev–Trinajstić information content (AvgIpc) is 3.15. The second-order valence-corrected chi connectivity index (χ2v) is 6.07. The highest BCUT2D eigenvalue weighted by molar-refractivity contribution is 6.05. The average molecular weight is 335 g/mol. The molecule has 0 amide bonds. The van der Waals surface area contributed by atoms with Crippen LogP contribution in [0.3, 0.4) is 0 Å². The van der Waals surface area contributed by atoms with Gasteiger partial charge in [-0.25, -0.2) is 4.79 Å². The number of fused-ring (bicyclic) bond motifs is 7. The van der Waals surface area contributed by atoms with Gasteiger partial charge in [0, 0.05) is 26.5 Å². The van der Waals surface area contributed by atoms with Crippen LogP contribution in [0.5, 0.6) is 0 Å². The molecule has 0 bridgehead atoms. The van der Waals surface area contributed by atoms with E-state index in [9.17, 15) is 9.59 Å². The van der Waals surface area contributed by atoms with Crippen molar-refractivity contribution < 1.29 is 0 Å². The zero-order chi connectivity index (χ0) is 17.5. The molecule has 0 saturated carbocycles. The summed E-state index contributed by atoms with van der Waals surface area (Å²) in [6, 6.07) is 7.82. The fraction of sp³-hybridized carbons (Fsp3) is 0.188. The summed E-state index contributed by atoms with van der Waals surface area (Å²) in [4.78, 5) is 29.3. The number of aryl methyl sites for hydroxylation is 2. The van der Waals surface area contributed by atoms with Crippen LogP contribution in [0.4, 0.5) is 0 Å². The molecule has 0 spiro atoms. The quantitative estimate of drug-likeness (QED) is 0.406. The Morgan fingerprint density at radius 2 is 1.68 bits per heavy atom. The molecule has 0 saturated heterocycles. The van der Waals surface area contributed by atoms with Crippen LogP contribution in [0.2, 0.25) is 0 Å². The van der Waals surface area contributed by atoms with Crippen LogP contribution >= 0.6 is 0 Å². The van der Waals surface area contributed by atoms with E-state index in [0.717, 1.165) is 15.5 Å². The zero-order valence-electron chi connectivity index (χ0n) is 13.8. The van der Waals surface area contributed by atoms with Crippen molar-refractivity contribution in [3.63, 3.8) is 0 Å². The predicted molar refractivity (Wildman–Crippen MR) is 92.8 cm³/mol. The molecule has 0 aliphatic rings. The third-order valence-corrected chi connectivity index (χ3v) is 4.74. The van der Waals surface area contributed by atoms with Crippen molar-refractivity contribution in [2.45, 2.75) is 0 Å². The normalized spacial score (nSPS) is 12.1. The molecule has 25 heavy (non-hydrogen) atoms. The summed E-state index contributed by atoms with van der Waals surface area (Å²) in [5, 5.41) is 9.43. The van der Waals surface area contributed by atoms with Crippen LogP contribution < -0.4 is 11.2 Å². The topological polar surface area (TPSA) is 92.0 Å². The van der Waals surface area contributed by atoms with Crippen molar-refractivity contribution in [2.24, 2.45) is 21.1 Å². The number of rotatable bonds is 0. The van der Waals surface area contributed by atoms with Crippen LogP contribution in [0.25, 0.3) is 39.0 Å². The molecule has 0 fully saturated rings. The Hall–Kier alpha value is -3.49. The van der Waals surface area contributed by atoms with Crippen LogP contribution in [0, 0.1) is 0 Å². The van der Waals surface area contributed by atoms with Gasteiger partial charge in [0.1, 0.15) is 11.2 Å². The minimum absolute atomic E-state index is 0.284. The van der Waals surface area contributed by atoms with Crippen LogP contribution in [0.1, 0.15) is 0 Å². The van der Waals surface area contributed by atoms with E-state index in [1.165, 1.54) is 11.6 Å². The molecular weight excluding hydrogens is 322 g/mol. The highest BCUT2D eigenvalue weighted by Gasteiger charge is 2.21. The standard InChI is InChI=1S/C16H13N7O2/c1-20-9-7-5-4-6-8(9)10-13(20)23-11-12(17-15(23)19-18-10)21(2)16(25)22(3)14(11)24/h4-7H,1-3H3. The SMILES string of the molecule is Cn1c(=O)c2c(nc3nnc4c5ccccc5n(C)c4n32)n(C)c1=O. The first-order chi connectivity index (χ1) is 12.0. The van der Waals surface area contributed by atoms with Gasteiger partial charge in [-0.1, -0.05) is 18.2 Å². The molecule has 0 atom stereocenters. The van der Waals surface area contributed by atoms with Crippen molar-refractivity contribution in [1.82, 2.24) is 33.3 Å².